The van der Waals surface area contributed by atoms with Crippen LogP contribution in [0.3, 0.4) is 0 Å². The van der Waals surface area contributed by atoms with Gasteiger partial charge in [0, 0.05) is 0 Å². The largest absolute Gasteiger partial charge is 0.478 e. The predicted octanol–water partition coefficient (Wildman–Crippen LogP) is 2.89. The Labute approximate surface area is 107 Å². The van der Waals surface area contributed by atoms with Crippen LogP contribution >= 0.6 is 0 Å². The van der Waals surface area contributed by atoms with Gasteiger partial charge in [-0.05, 0) is 17.2 Å². The minimum Gasteiger partial charge on any atom is -0.478 e. The van der Waals surface area contributed by atoms with Crippen LogP contribution in [0.1, 0.15) is 20.7 Å². The van der Waals surface area contributed by atoms with Gasteiger partial charge in [0.1, 0.15) is 11.4 Å². The lowest BCUT2D eigenvalue weighted by Gasteiger charge is -2.10. The predicted molar refractivity (Wildman–Crippen MR) is 65.8 cm³/mol. The molecule has 0 spiro atoms. The Morgan fingerprint density at radius 2 is 1.42 bits per heavy atom. The van der Waals surface area contributed by atoms with Crippen LogP contribution in [0.15, 0.2) is 42.5 Å². The molecule has 2 aromatic rings. The minimum atomic E-state index is -1.60. The molecular formula is C14H9FO4. The second kappa shape index (κ2) is 4.89. The molecule has 19 heavy (non-hydrogen) atoms. The van der Waals surface area contributed by atoms with Crippen molar-refractivity contribution in [2.45, 2.75) is 0 Å². The molecule has 0 amide bonds. The lowest BCUT2D eigenvalue weighted by atomic mass is 9.95. The van der Waals surface area contributed by atoms with E-state index >= 15 is 0 Å². The number of carboxylic acids is 2. The maximum atomic E-state index is 13.5. The molecule has 0 atom stereocenters. The van der Waals surface area contributed by atoms with Crippen LogP contribution in [-0.4, -0.2) is 22.2 Å². The number of benzene rings is 2. The maximum absolute atomic E-state index is 13.5. The molecular weight excluding hydrogens is 251 g/mol. The van der Waals surface area contributed by atoms with Crippen molar-refractivity contribution in [3.63, 3.8) is 0 Å². The van der Waals surface area contributed by atoms with Crippen molar-refractivity contribution >= 4 is 11.9 Å². The summed E-state index contributed by atoms with van der Waals surface area (Å²) in [7, 11) is 0. The van der Waals surface area contributed by atoms with Gasteiger partial charge in [-0.3, -0.25) is 0 Å². The standard InChI is InChI=1S/C14H9FO4/c15-10-7-6-9(8-4-2-1-3-5-8)11(13(16)17)12(10)14(18)19/h1-7H,(H,16,17)(H,18,19). The fourth-order valence-electron chi connectivity index (χ4n) is 1.87. The number of carboxylic acid groups (broad SMARTS) is 2. The van der Waals surface area contributed by atoms with Crippen LogP contribution in [0.5, 0.6) is 0 Å². The van der Waals surface area contributed by atoms with Crippen LogP contribution < -0.4 is 0 Å². The highest BCUT2D eigenvalue weighted by Crippen LogP contribution is 2.28. The van der Waals surface area contributed by atoms with Crippen molar-refractivity contribution in [1.29, 1.82) is 0 Å². The Bertz CT molecular complexity index is 650. The first kappa shape index (κ1) is 12.8. The van der Waals surface area contributed by atoms with Gasteiger partial charge in [-0.25, -0.2) is 14.0 Å². The van der Waals surface area contributed by atoms with Crippen LogP contribution in [0.4, 0.5) is 4.39 Å². The quantitative estimate of drug-likeness (QED) is 0.889. The Hall–Kier alpha value is -2.69. The summed E-state index contributed by atoms with van der Waals surface area (Å²) < 4.78 is 13.5. The summed E-state index contributed by atoms with van der Waals surface area (Å²) in [5.74, 6) is -4.15. The Morgan fingerprint density at radius 3 is 1.95 bits per heavy atom. The van der Waals surface area contributed by atoms with Gasteiger partial charge in [0.2, 0.25) is 0 Å². The molecule has 0 unspecified atom stereocenters. The van der Waals surface area contributed by atoms with Crippen molar-refractivity contribution in [1.82, 2.24) is 0 Å². The molecule has 2 rings (SSSR count). The number of rotatable bonds is 3. The summed E-state index contributed by atoms with van der Waals surface area (Å²) in [5, 5.41) is 18.1. The van der Waals surface area contributed by atoms with E-state index in [9.17, 15) is 14.0 Å². The van der Waals surface area contributed by atoms with E-state index in [4.69, 9.17) is 10.2 Å². The van der Waals surface area contributed by atoms with Crippen LogP contribution in [0.2, 0.25) is 0 Å². The molecule has 2 aromatic carbocycles. The van der Waals surface area contributed by atoms with Gasteiger partial charge in [0.25, 0.3) is 0 Å². The lowest BCUT2D eigenvalue weighted by molar-refractivity contribution is 0.0647. The Kier molecular flexibility index (Phi) is 3.29. The molecule has 96 valence electrons. The zero-order valence-corrected chi connectivity index (χ0v) is 9.63. The van der Waals surface area contributed by atoms with Crippen LogP contribution in [-0.2, 0) is 0 Å². The molecule has 0 aromatic heterocycles. The SMILES string of the molecule is O=C(O)c1c(F)ccc(-c2ccccc2)c1C(=O)O. The fourth-order valence-corrected chi connectivity index (χ4v) is 1.87. The second-order valence-corrected chi connectivity index (χ2v) is 3.82. The normalized spacial score (nSPS) is 10.2. The highest BCUT2D eigenvalue weighted by atomic mass is 19.1. The molecule has 0 fully saturated rings. The van der Waals surface area contributed by atoms with Gasteiger partial charge in [-0.1, -0.05) is 36.4 Å². The number of hydrogen-bond acceptors (Lipinski definition) is 2. The van der Waals surface area contributed by atoms with E-state index in [1.165, 1.54) is 6.07 Å². The van der Waals surface area contributed by atoms with E-state index in [0.29, 0.717) is 5.56 Å². The summed E-state index contributed by atoms with van der Waals surface area (Å²) in [6.45, 7) is 0. The van der Waals surface area contributed by atoms with Crippen molar-refractivity contribution in [2.75, 3.05) is 0 Å². The van der Waals surface area contributed by atoms with Crippen molar-refractivity contribution in [2.24, 2.45) is 0 Å². The molecule has 0 saturated heterocycles. The molecule has 0 aliphatic heterocycles. The van der Waals surface area contributed by atoms with E-state index in [1.807, 2.05) is 0 Å². The van der Waals surface area contributed by atoms with Gasteiger partial charge in [-0.2, -0.15) is 0 Å². The topological polar surface area (TPSA) is 74.6 Å². The number of halogens is 1. The van der Waals surface area contributed by atoms with E-state index in [-0.39, 0.29) is 5.56 Å². The van der Waals surface area contributed by atoms with Gasteiger partial charge < -0.3 is 10.2 Å². The first-order valence-electron chi connectivity index (χ1n) is 5.37. The number of hydrogen-bond donors (Lipinski definition) is 2. The van der Waals surface area contributed by atoms with E-state index in [1.54, 1.807) is 30.3 Å². The summed E-state index contributed by atoms with van der Waals surface area (Å²) >= 11 is 0. The highest BCUT2D eigenvalue weighted by molar-refractivity contribution is 6.06. The van der Waals surface area contributed by atoms with Crippen LogP contribution in [0, 0.1) is 5.82 Å². The molecule has 0 aliphatic rings. The molecule has 0 radical (unpaired) electrons. The summed E-state index contributed by atoms with van der Waals surface area (Å²) in [4.78, 5) is 22.3. The molecule has 0 saturated carbocycles. The first-order valence-corrected chi connectivity index (χ1v) is 5.37. The monoisotopic (exact) mass is 260 g/mol. The van der Waals surface area contributed by atoms with E-state index in [2.05, 4.69) is 0 Å². The van der Waals surface area contributed by atoms with Crippen molar-refractivity contribution < 1.29 is 24.2 Å². The zero-order chi connectivity index (χ0) is 14.0. The molecule has 2 N–H and O–H groups in total. The Morgan fingerprint density at radius 1 is 0.842 bits per heavy atom. The third-order valence-electron chi connectivity index (χ3n) is 2.67. The molecule has 4 nitrogen and oxygen atoms in total. The summed E-state index contributed by atoms with van der Waals surface area (Å²) in [6, 6.07) is 10.6. The Balaban J connectivity index is 2.80. The number of aromatic carboxylic acids is 2. The van der Waals surface area contributed by atoms with Gasteiger partial charge in [0.15, 0.2) is 0 Å². The van der Waals surface area contributed by atoms with Crippen LogP contribution in [0.25, 0.3) is 11.1 Å². The van der Waals surface area contributed by atoms with Crippen molar-refractivity contribution in [3.05, 3.63) is 59.4 Å². The highest BCUT2D eigenvalue weighted by Gasteiger charge is 2.24. The smallest absolute Gasteiger partial charge is 0.339 e. The minimum absolute atomic E-state index is 0.173. The summed E-state index contributed by atoms with van der Waals surface area (Å²) in [6.07, 6.45) is 0. The molecule has 5 heteroatoms. The van der Waals surface area contributed by atoms with Gasteiger partial charge >= 0.3 is 11.9 Å². The van der Waals surface area contributed by atoms with Gasteiger partial charge in [-0.15, -0.1) is 0 Å². The maximum Gasteiger partial charge on any atom is 0.339 e. The third-order valence-corrected chi connectivity index (χ3v) is 2.67. The number of carbonyl (C=O) groups is 2. The molecule has 0 aliphatic carbocycles. The molecule has 0 heterocycles. The average molecular weight is 260 g/mol. The van der Waals surface area contributed by atoms with E-state index in [0.717, 1.165) is 6.07 Å². The van der Waals surface area contributed by atoms with E-state index < -0.39 is 28.9 Å². The molecule has 0 bridgehead atoms. The fraction of sp³-hybridized carbons (Fsp3) is 0. The average Bonchev–Trinajstić information content (AvgIpc) is 2.38. The first-order chi connectivity index (χ1) is 9.02. The lowest BCUT2D eigenvalue weighted by Crippen LogP contribution is -2.12. The summed E-state index contributed by atoms with van der Waals surface area (Å²) in [5.41, 5.74) is -0.679. The van der Waals surface area contributed by atoms with Gasteiger partial charge in [0.05, 0.1) is 5.56 Å². The van der Waals surface area contributed by atoms with Crippen molar-refractivity contribution in [3.8, 4) is 11.1 Å². The second-order valence-electron chi connectivity index (χ2n) is 3.82. The zero-order valence-electron chi connectivity index (χ0n) is 9.63. The third kappa shape index (κ3) is 2.30.